The summed E-state index contributed by atoms with van der Waals surface area (Å²) in [5.74, 6) is 0.0664. The van der Waals surface area contributed by atoms with Gasteiger partial charge in [0.2, 0.25) is 5.91 Å². The molecule has 0 aromatic heterocycles. The number of amides is 1. The lowest BCUT2D eigenvalue weighted by Crippen LogP contribution is -2.29. The second kappa shape index (κ2) is 7.36. The molecule has 1 atom stereocenters. The first-order valence-corrected chi connectivity index (χ1v) is 6.07. The average molecular weight is 270 g/mol. The van der Waals surface area contributed by atoms with Crippen LogP contribution in [0.25, 0.3) is 0 Å². The second-order valence-corrected chi connectivity index (χ2v) is 4.51. The van der Waals surface area contributed by atoms with E-state index in [-0.39, 0.29) is 24.4 Å². The van der Waals surface area contributed by atoms with Gasteiger partial charge in [0.05, 0.1) is 0 Å². The summed E-state index contributed by atoms with van der Waals surface area (Å²) in [6.07, 6.45) is 1.57. The summed E-state index contributed by atoms with van der Waals surface area (Å²) in [5, 5.41) is 2.88. The first-order chi connectivity index (χ1) is 8.24. The molecule has 5 heteroatoms. The van der Waals surface area contributed by atoms with Crippen LogP contribution in [0.5, 0.6) is 0 Å². The summed E-state index contributed by atoms with van der Waals surface area (Å²) in [6.45, 7) is 2.73. The molecule has 0 bridgehead atoms. The number of hydrogen-bond donors (Lipinski definition) is 2. The molecule has 1 aliphatic rings. The quantitative estimate of drug-likeness (QED) is 0.870. The maximum Gasteiger partial charge on any atom is 0.225 e. The third-order valence-corrected chi connectivity index (χ3v) is 3.02. The maximum absolute atomic E-state index is 11.7. The fourth-order valence-corrected chi connectivity index (χ4v) is 2.07. The molecule has 1 fully saturated rings. The Hall–Kier alpha value is -1.10. The molecule has 0 aliphatic carbocycles. The third kappa shape index (κ3) is 4.64. The molecule has 1 unspecified atom stereocenters. The van der Waals surface area contributed by atoms with Gasteiger partial charge in [0, 0.05) is 31.2 Å². The molecule has 1 heterocycles. The van der Waals surface area contributed by atoms with Crippen molar-refractivity contribution < 1.29 is 4.79 Å². The van der Waals surface area contributed by atoms with Crippen LogP contribution < -0.4 is 11.1 Å². The van der Waals surface area contributed by atoms with E-state index in [1.54, 1.807) is 0 Å². The molecule has 3 N–H and O–H groups in total. The highest BCUT2D eigenvalue weighted by atomic mass is 35.5. The SMILES string of the molecule is Cl.NC1CCN(CCC(=O)Nc2ccccc2)C1. The molecular formula is C13H20ClN3O. The number of hydrogen-bond acceptors (Lipinski definition) is 3. The fraction of sp³-hybridized carbons (Fsp3) is 0.462. The van der Waals surface area contributed by atoms with Crippen molar-refractivity contribution in [1.82, 2.24) is 4.90 Å². The van der Waals surface area contributed by atoms with Crippen molar-refractivity contribution in [2.24, 2.45) is 5.73 Å². The minimum Gasteiger partial charge on any atom is -0.326 e. The van der Waals surface area contributed by atoms with E-state index >= 15 is 0 Å². The Balaban J connectivity index is 0.00000162. The van der Waals surface area contributed by atoms with Crippen molar-refractivity contribution in [3.63, 3.8) is 0 Å². The number of carbonyl (C=O) groups excluding carboxylic acids is 1. The molecule has 0 spiro atoms. The first-order valence-electron chi connectivity index (χ1n) is 6.07. The highest BCUT2D eigenvalue weighted by molar-refractivity contribution is 5.90. The Morgan fingerprint density at radius 3 is 2.72 bits per heavy atom. The van der Waals surface area contributed by atoms with E-state index in [1.807, 2.05) is 30.3 Å². The normalized spacial score (nSPS) is 19.3. The number of benzene rings is 1. The summed E-state index contributed by atoms with van der Waals surface area (Å²) in [7, 11) is 0. The largest absolute Gasteiger partial charge is 0.326 e. The van der Waals surface area contributed by atoms with Gasteiger partial charge in [0.15, 0.2) is 0 Å². The predicted octanol–water partition coefficient (Wildman–Crippen LogP) is 1.47. The molecule has 100 valence electrons. The van der Waals surface area contributed by atoms with Gasteiger partial charge in [-0.2, -0.15) is 0 Å². The van der Waals surface area contributed by atoms with Crippen LogP contribution in [-0.2, 0) is 4.79 Å². The lowest BCUT2D eigenvalue weighted by Gasteiger charge is -2.14. The van der Waals surface area contributed by atoms with Crippen LogP contribution in [0.2, 0.25) is 0 Å². The van der Waals surface area contributed by atoms with E-state index < -0.39 is 0 Å². The number of para-hydroxylation sites is 1. The number of halogens is 1. The maximum atomic E-state index is 11.7. The van der Waals surface area contributed by atoms with Crippen molar-refractivity contribution in [2.75, 3.05) is 25.0 Å². The zero-order valence-electron chi connectivity index (χ0n) is 10.3. The monoisotopic (exact) mass is 269 g/mol. The minimum atomic E-state index is 0. The molecule has 18 heavy (non-hydrogen) atoms. The van der Waals surface area contributed by atoms with Gasteiger partial charge in [-0.25, -0.2) is 0 Å². The lowest BCUT2D eigenvalue weighted by atomic mass is 10.3. The Morgan fingerprint density at radius 2 is 2.11 bits per heavy atom. The molecular weight excluding hydrogens is 250 g/mol. The number of rotatable bonds is 4. The minimum absolute atomic E-state index is 0. The second-order valence-electron chi connectivity index (χ2n) is 4.51. The van der Waals surface area contributed by atoms with Crippen LogP contribution in [0.15, 0.2) is 30.3 Å². The molecule has 1 aliphatic heterocycles. The predicted molar refractivity (Wildman–Crippen MR) is 76.0 cm³/mol. The average Bonchev–Trinajstić information content (AvgIpc) is 2.74. The summed E-state index contributed by atoms with van der Waals surface area (Å²) in [4.78, 5) is 13.9. The summed E-state index contributed by atoms with van der Waals surface area (Å²) in [6, 6.07) is 9.82. The van der Waals surface area contributed by atoms with Crippen molar-refractivity contribution in [1.29, 1.82) is 0 Å². The van der Waals surface area contributed by atoms with Gasteiger partial charge in [-0.1, -0.05) is 18.2 Å². The zero-order valence-corrected chi connectivity index (χ0v) is 11.2. The van der Waals surface area contributed by atoms with Gasteiger partial charge in [-0.3, -0.25) is 4.79 Å². The molecule has 0 saturated carbocycles. The van der Waals surface area contributed by atoms with Gasteiger partial charge >= 0.3 is 0 Å². The standard InChI is InChI=1S/C13H19N3O.ClH/c14-11-6-8-16(10-11)9-7-13(17)15-12-4-2-1-3-5-12;/h1-5,11H,6-10,14H2,(H,15,17);1H. The number of likely N-dealkylation sites (tertiary alicyclic amines) is 1. The Labute approximate surface area is 114 Å². The van der Waals surface area contributed by atoms with Crippen LogP contribution in [0, 0.1) is 0 Å². The van der Waals surface area contributed by atoms with E-state index in [0.29, 0.717) is 6.42 Å². The topological polar surface area (TPSA) is 58.4 Å². The van der Waals surface area contributed by atoms with Crippen LogP contribution in [0.1, 0.15) is 12.8 Å². The van der Waals surface area contributed by atoms with Gasteiger partial charge < -0.3 is 16.0 Å². The zero-order chi connectivity index (χ0) is 12.1. The molecule has 1 aromatic carbocycles. The molecule has 1 saturated heterocycles. The van der Waals surface area contributed by atoms with Crippen LogP contribution in [-0.4, -0.2) is 36.5 Å². The molecule has 4 nitrogen and oxygen atoms in total. The molecule has 0 radical (unpaired) electrons. The highest BCUT2D eigenvalue weighted by Crippen LogP contribution is 2.09. The van der Waals surface area contributed by atoms with E-state index in [0.717, 1.165) is 31.7 Å². The van der Waals surface area contributed by atoms with E-state index in [9.17, 15) is 4.79 Å². The number of nitrogens with one attached hydrogen (secondary N) is 1. The number of carbonyl (C=O) groups is 1. The van der Waals surface area contributed by atoms with Crippen molar-refractivity contribution in [3.8, 4) is 0 Å². The van der Waals surface area contributed by atoms with Gasteiger partial charge in [0.1, 0.15) is 0 Å². The Kier molecular flexibility index (Phi) is 6.12. The van der Waals surface area contributed by atoms with Crippen LogP contribution in [0.4, 0.5) is 5.69 Å². The summed E-state index contributed by atoms with van der Waals surface area (Å²) in [5.41, 5.74) is 6.67. The van der Waals surface area contributed by atoms with Crippen molar-refractivity contribution in [3.05, 3.63) is 30.3 Å². The highest BCUT2D eigenvalue weighted by Gasteiger charge is 2.19. The van der Waals surface area contributed by atoms with Gasteiger partial charge in [-0.15, -0.1) is 12.4 Å². The molecule has 2 rings (SSSR count). The van der Waals surface area contributed by atoms with E-state index in [1.165, 1.54) is 0 Å². The number of nitrogens with two attached hydrogens (primary N) is 1. The summed E-state index contributed by atoms with van der Waals surface area (Å²) < 4.78 is 0. The first kappa shape index (κ1) is 15.0. The van der Waals surface area contributed by atoms with Gasteiger partial charge in [-0.05, 0) is 25.1 Å². The Morgan fingerprint density at radius 1 is 1.39 bits per heavy atom. The van der Waals surface area contributed by atoms with Gasteiger partial charge in [0.25, 0.3) is 0 Å². The van der Waals surface area contributed by atoms with E-state index in [4.69, 9.17) is 5.73 Å². The number of nitrogens with zero attached hydrogens (tertiary/aromatic N) is 1. The lowest BCUT2D eigenvalue weighted by molar-refractivity contribution is -0.116. The van der Waals surface area contributed by atoms with Crippen LogP contribution in [0.3, 0.4) is 0 Å². The van der Waals surface area contributed by atoms with Crippen molar-refractivity contribution >= 4 is 24.0 Å². The third-order valence-electron chi connectivity index (χ3n) is 3.02. The molecule has 1 aromatic rings. The Bertz CT molecular complexity index is 372. The smallest absolute Gasteiger partial charge is 0.225 e. The molecule has 1 amide bonds. The van der Waals surface area contributed by atoms with Crippen molar-refractivity contribution in [2.45, 2.75) is 18.9 Å². The van der Waals surface area contributed by atoms with E-state index in [2.05, 4.69) is 10.2 Å². The van der Waals surface area contributed by atoms with Crippen LogP contribution >= 0.6 is 12.4 Å². The summed E-state index contributed by atoms with van der Waals surface area (Å²) >= 11 is 0. The number of anilines is 1. The fourth-order valence-electron chi connectivity index (χ4n) is 2.07.